The van der Waals surface area contributed by atoms with Crippen molar-refractivity contribution in [3.63, 3.8) is 0 Å². The lowest BCUT2D eigenvalue weighted by atomic mass is 10.1. The molecule has 0 atom stereocenters. The number of carbonyl (C=O) groups is 1. The second-order valence-electron chi connectivity index (χ2n) is 4.37. The van der Waals surface area contributed by atoms with Crippen LogP contribution in [0.1, 0.15) is 36.8 Å². The van der Waals surface area contributed by atoms with E-state index >= 15 is 0 Å². The number of aliphatic carboxylic acids is 1. The van der Waals surface area contributed by atoms with Crippen molar-refractivity contribution in [1.29, 1.82) is 0 Å². The van der Waals surface area contributed by atoms with E-state index in [0.717, 1.165) is 32.4 Å². The average Bonchev–Trinajstić information content (AvgIpc) is 2.27. The van der Waals surface area contributed by atoms with Crippen LogP contribution < -0.4 is 5.32 Å². The summed E-state index contributed by atoms with van der Waals surface area (Å²) in [6.45, 7) is 3.93. The minimum absolute atomic E-state index is 0.290. The van der Waals surface area contributed by atoms with Crippen LogP contribution in [0.2, 0.25) is 0 Å². The lowest BCUT2D eigenvalue weighted by Gasteiger charge is -2.05. The Hall–Kier alpha value is -1.35. The minimum atomic E-state index is -0.697. The van der Waals surface area contributed by atoms with Gasteiger partial charge in [0.25, 0.3) is 0 Å². The van der Waals surface area contributed by atoms with Gasteiger partial charge in [-0.2, -0.15) is 0 Å². The van der Waals surface area contributed by atoms with E-state index in [1.807, 2.05) is 0 Å². The molecule has 0 unspecified atom stereocenters. The molecule has 0 heterocycles. The van der Waals surface area contributed by atoms with Crippen LogP contribution in [-0.2, 0) is 11.3 Å². The lowest BCUT2D eigenvalue weighted by Crippen LogP contribution is -2.14. The van der Waals surface area contributed by atoms with E-state index in [0.29, 0.717) is 0 Å². The summed E-state index contributed by atoms with van der Waals surface area (Å²) in [5, 5.41) is 11.8. The Morgan fingerprint density at radius 1 is 1.29 bits per heavy atom. The van der Waals surface area contributed by atoms with Crippen LogP contribution in [0.25, 0.3) is 0 Å². The summed E-state index contributed by atoms with van der Waals surface area (Å²) < 4.78 is 0. The summed E-state index contributed by atoms with van der Waals surface area (Å²) in [5.74, 6) is -0.697. The van der Waals surface area contributed by atoms with E-state index in [-0.39, 0.29) is 6.42 Å². The van der Waals surface area contributed by atoms with Crippen molar-refractivity contribution >= 4 is 5.97 Å². The van der Waals surface area contributed by atoms with Gasteiger partial charge in [0.2, 0.25) is 0 Å². The fourth-order valence-corrected chi connectivity index (χ4v) is 1.76. The molecule has 1 aromatic rings. The van der Waals surface area contributed by atoms with E-state index in [9.17, 15) is 4.79 Å². The van der Waals surface area contributed by atoms with Crippen LogP contribution >= 0.6 is 0 Å². The molecule has 0 spiro atoms. The summed E-state index contributed by atoms with van der Waals surface area (Å²) in [6.07, 6.45) is 3.09. The second kappa shape index (κ2) is 7.85. The maximum absolute atomic E-state index is 10.3. The highest BCUT2D eigenvalue weighted by molar-refractivity contribution is 5.66. The highest BCUT2D eigenvalue weighted by Crippen LogP contribution is 2.03. The molecule has 0 aliphatic carbocycles. The van der Waals surface area contributed by atoms with Gasteiger partial charge in [0.15, 0.2) is 0 Å². The molecule has 0 aromatic heterocycles. The average molecular weight is 235 g/mol. The molecule has 0 bridgehead atoms. The van der Waals surface area contributed by atoms with Crippen LogP contribution in [0.3, 0.4) is 0 Å². The third-order valence-corrected chi connectivity index (χ3v) is 2.66. The minimum Gasteiger partial charge on any atom is -0.481 e. The van der Waals surface area contributed by atoms with E-state index in [1.54, 1.807) is 0 Å². The number of hydrogen-bond acceptors (Lipinski definition) is 2. The Kier molecular flexibility index (Phi) is 6.33. The largest absolute Gasteiger partial charge is 0.481 e. The molecule has 3 nitrogen and oxygen atoms in total. The van der Waals surface area contributed by atoms with E-state index in [4.69, 9.17) is 5.11 Å². The molecular formula is C14H21NO2. The van der Waals surface area contributed by atoms with Gasteiger partial charge in [-0.25, -0.2) is 0 Å². The highest BCUT2D eigenvalue weighted by atomic mass is 16.4. The van der Waals surface area contributed by atoms with Crippen molar-refractivity contribution in [3.8, 4) is 0 Å². The SMILES string of the molecule is Cc1cccc(CNCCCCCC(=O)O)c1. The van der Waals surface area contributed by atoms with Crippen molar-refractivity contribution in [2.75, 3.05) is 6.54 Å². The topological polar surface area (TPSA) is 49.3 Å². The van der Waals surface area contributed by atoms with Crippen LogP contribution in [0.5, 0.6) is 0 Å². The zero-order valence-electron chi connectivity index (χ0n) is 10.4. The van der Waals surface area contributed by atoms with Crippen molar-refractivity contribution in [2.45, 2.75) is 39.2 Å². The lowest BCUT2D eigenvalue weighted by molar-refractivity contribution is -0.137. The molecule has 0 saturated carbocycles. The Balaban J connectivity index is 2.03. The molecule has 0 aliphatic heterocycles. The molecule has 0 aliphatic rings. The van der Waals surface area contributed by atoms with E-state index < -0.39 is 5.97 Å². The fourth-order valence-electron chi connectivity index (χ4n) is 1.76. The van der Waals surface area contributed by atoms with Gasteiger partial charge in [0.05, 0.1) is 0 Å². The Morgan fingerprint density at radius 3 is 2.82 bits per heavy atom. The van der Waals surface area contributed by atoms with Crippen molar-refractivity contribution in [1.82, 2.24) is 5.32 Å². The molecule has 1 rings (SSSR count). The Morgan fingerprint density at radius 2 is 2.12 bits per heavy atom. The number of hydrogen-bond donors (Lipinski definition) is 2. The molecule has 3 heteroatoms. The van der Waals surface area contributed by atoms with E-state index in [1.165, 1.54) is 11.1 Å². The summed E-state index contributed by atoms with van der Waals surface area (Å²) in [4.78, 5) is 10.3. The van der Waals surface area contributed by atoms with Gasteiger partial charge < -0.3 is 10.4 Å². The van der Waals surface area contributed by atoms with Gasteiger partial charge in [-0.1, -0.05) is 36.2 Å². The zero-order valence-corrected chi connectivity index (χ0v) is 10.4. The van der Waals surface area contributed by atoms with Gasteiger partial charge in [-0.15, -0.1) is 0 Å². The summed E-state index contributed by atoms with van der Waals surface area (Å²) >= 11 is 0. The summed E-state index contributed by atoms with van der Waals surface area (Å²) in [6, 6.07) is 8.45. The second-order valence-corrected chi connectivity index (χ2v) is 4.37. The van der Waals surface area contributed by atoms with Crippen molar-refractivity contribution in [2.24, 2.45) is 0 Å². The standard InChI is InChI=1S/C14H21NO2/c1-12-6-5-7-13(10-12)11-15-9-4-2-3-8-14(16)17/h5-7,10,15H,2-4,8-9,11H2,1H3,(H,16,17). The number of carboxylic acid groups (broad SMARTS) is 1. The smallest absolute Gasteiger partial charge is 0.303 e. The normalized spacial score (nSPS) is 10.4. The molecule has 2 N–H and O–H groups in total. The zero-order chi connectivity index (χ0) is 12.5. The van der Waals surface area contributed by atoms with Crippen molar-refractivity contribution in [3.05, 3.63) is 35.4 Å². The maximum atomic E-state index is 10.3. The number of aryl methyl sites for hydroxylation is 1. The van der Waals surface area contributed by atoms with Gasteiger partial charge >= 0.3 is 5.97 Å². The quantitative estimate of drug-likeness (QED) is 0.681. The summed E-state index contributed by atoms with van der Waals surface area (Å²) in [7, 11) is 0. The Bertz CT molecular complexity index is 350. The van der Waals surface area contributed by atoms with Gasteiger partial charge in [-0.3, -0.25) is 4.79 Å². The third kappa shape index (κ3) is 6.74. The van der Waals surface area contributed by atoms with Crippen LogP contribution in [0, 0.1) is 6.92 Å². The molecule has 0 saturated heterocycles. The molecule has 94 valence electrons. The first-order valence-corrected chi connectivity index (χ1v) is 6.16. The predicted octanol–water partition coefficient (Wildman–Crippen LogP) is 2.73. The third-order valence-electron chi connectivity index (χ3n) is 2.66. The molecule has 1 aromatic carbocycles. The van der Waals surface area contributed by atoms with Gasteiger partial charge in [0, 0.05) is 13.0 Å². The first-order valence-electron chi connectivity index (χ1n) is 6.16. The number of nitrogens with one attached hydrogen (secondary N) is 1. The Labute approximate surface area is 103 Å². The van der Waals surface area contributed by atoms with Gasteiger partial charge in [-0.05, 0) is 31.9 Å². The fraction of sp³-hybridized carbons (Fsp3) is 0.500. The van der Waals surface area contributed by atoms with Crippen LogP contribution in [0.4, 0.5) is 0 Å². The van der Waals surface area contributed by atoms with Crippen LogP contribution in [-0.4, -0.2) is 17.6 Å². The predicted molar refractivity (Wildman–Crippen MR) is 69.0 cm³/mol. The highest BCUT2D eigenvalue weighted by Gasteiger charge is 1.96. The van der Waals surface area contributed by atoms with Gasteiger partial charge in [0.1, 0.15) is 0 Å². The van der Waals surface area contributed by atoms with E-state index in [2.05, 4.69) is 36.5 Å². The molecule has 0 amide bonds. The summed E-state index contributed by atoms with van der Waals surface area (Å²) in [5.41, 5.74) is 2.58. The molecule has 17 heavy (non-hydrogen) atoms. The number of benzene rings is 1. The monoisotopic (exact) mass is 235 g/mol. The molecule has 0 radical (unpaired) electrons. The number of carboxylic acids is 1. The number of unbranched alkanes of at least 4 members (excludes halogenated alkanes) is 2. The first-order chi connectivity index (χ1) is 8.18. The van der Waals surface area contributed by atoms with Crippen LogP contribution in [0.15, 0.2) is 24.3 Å². The maximum Gasteiger partial charge on any atom is 0.303 e. The number of rotatable bonds is 8. The molecule has 0 fully saturated rings. The van der Waals surface area contributed by atoms with Crippen molar-refractivity contribution < 1.29 is 9.90 Å². The first kappa shape index (κ1) is 13.7. The molecular weight excluding hydrogens is 214 g/mol.